The van der Waals surface area contributed by atoms with Gasteiger partial charge in [-0.25, -0.2) is 0 Å². The molecule has 2 aromatic carbocycles. The molecule has 0 aliphatic rings. The van der Waals surface area contributed by atoms with Gasteiger partial charge in [0.1, 0.15) is 18.4 Å². The molecule has 0 aliphatic heterocycles. The Morgan fingerprint density at radius 2 is 1.92 bits per heavy atom. The zero-order chi connectivity index (χ0) is 18.4. The van der Waals surface area contributed by atoms with Crippen LogP contribution < -0.4 is 10.1 Å². The van der Waals surface area contributed by atoms with E-state index in [0.717, 1.165) is 0 Å². The second-order valence-corrected chi connectivity index (χ2v) is 6.62. The van der Waals surface area contributed by atoms with Crippen LogP contribution in [0, 0.1) is 26.2 Å². The van der Waals surface area contributed by atoms with Gasteiger partial charge in [0.2, 0.25) is 0 Å². The molecule has 0 heterocycles. The van der Waals surface area contributed by atoms with Gasteiger partial charge in [-0.3, -0.25) is 4.79 Å². The first-order chi connectivity index (χ1) is 11.9. The van der Waals surface area contributed by atoms with E-state index in [1.807, 2.05) is 34.7 Å². The number of hydrogen-bond acceptors (Lipinski definition) is 5. The van der Waals surface area contributed by atoms with Crippen LogP contribution >= 0.6 is 22.6 Å². The molecule has 1 amide bonds. The molecular formula is C18H14IN3O3. The van der Waals surface area contributed by atoms with Gasteiger partial charge >= 0.3 is 0 Å². The van der Waals surface area contributed by atoms with E-state index in [1.165, 1.54) is 6.92 Å². The van der Waals surface area contributed by atoms with Crippen LogP contribution in [0.4, 0.5) is 5.69 Å². The number of nitrogens with zero attached hydrogens (tertiary/aromatic N) is 2. The molecule has 7 heteroatoms. The SMILES string of the molecule is C[C@](O)(COc1ccc(C#N)cc1)C(=O)Nc1ccc(C#N)c(I)c1. The molecule has 0 spiro atoms. The molecule has 25 heavy (non-hydrogen) atoms. The number of hydrogen-bond donors (Lipinski definition) is 2. The third-order valence-electron chi connectivity index (χ3n) is 3.34. The fourth-order valence-electron chi connectivity index (χ4n) is 1.86. The van der Waals surface area contributed by atoms with E-state index >= 15 is 0 Å². The second-order valence-electron chi connectivity index (χ2n) is 5.46. The summed E-state index contributed by atoms with van der Waals surface area (Å²) in [4.78, 5) is 12.3. The number of halogens is 1. The van der Waals surface area contributed by atoms with Crippen molar-refractivity contribution in [2.24, 2.45) is 0 Å². The summed E-state index contributed by atoms with van der Waals surface area (Å²) in [6.07, 6.45) is 0. The normalized spacial score (nSPS) is 12.4. The van der Waals surface area contributed by atoms with Crippen LogP contribution in [0.2, 0.25) is 0 Å². The molecule has 0 unspecified atom stereocenters. The minimum Gasteiger partial charge on any atom is -0.490 e. The minimum atomic E-state index is -1.76. The fraction of sp³-hybridized carbons (Fsp3) is 0.167. The number of amides is 1. The highest BCUT2D eigenvalue weighted by Crippen LogP contribution is 2.19. The quantitative estimate of drug-likeness (QED) is 0.686. The second kappa shape index (κ2) is 7.97. The molecule has 2 aromatic rings. The van der Waals surface area contributed by atoms with Gasteiger partial charge in [0, 0.05) is 9.26 Å². The van der Waals surface area contributed by atoms with Crippen molar-refractivity contribution in [3.05, 3.63) is 57.2 Å². The van der Waals surface area contributed by atoms with Gasteiger partial charge in [-0.05, 0) is 72.0 Å². The van der Waals surface area contributed by atoms with E-state index in [0.29, 0.717) is 26.1 Å². The van der Waals surface area contributed by atoms with Gasteiger partial charge in [-0.1, -0.05) is 0 Å². The summed E-state index contributed by atoms with van der Waals surface area (Å²) in [6.45, 7) is 1.10. The van der Waals surface area contributed by atoms with Crippen LogP contribution in [-0.4, -0.2) is 23.2 Å². The number of nitriles is 2. The molecule has 0 aromatic heterocycles. The maximum Gasteiger partial charge on any atom is 0.259 e. The molecule has 0 bridgehead atoms. The largest absolute Gasteiger partial charge is 0.490 e. The number of anilines is 1. The fourth-order valence-corrected chi connectivity index (χ4v) is 2.50. The minimum absolute atomic E-state index is 0.252. The lowest BCUT2D eigenvalue weighted by Gasteiger charge is -2.22. The lowest BCUT2D eigenvalue weighted by Crippen LogP contribution is -2.45. The Kier molecular flexibility index (Phi) is 5.97. The summed E-state index contributed by atoms with van der Waals surface area (Å²) < 4.78 is 6.12. The number of benzene rings is 2. The summed E-state index contributed by atoms with van der Waals surface area (Å²) in [5.41, 5.74) is -0.276. The third-order valence-corrected chi connectivity index (χ3v) is 4.23. The number of rotatable bonds is 5. The summed E-state index contributed by atoms with van der Waals surface area (Å²) in [5.74, 6) is -0.179. The Balaban J connectivity index is 2.00. The molecular weight excluding hydrogens is 433 g/mol. The molecule has 2 rings (SSSR count). The molecule has 0 fully saturated rings. The topological polar surface area (TPSA) is 106 Å². The number of aliphatic hydroxyl groups is 1. The average Bonchev–Trinajstić information content (AvgIpc) is 2.60. The molecule has 1 atom stereocenters. The van der Waals surface area contributed by atoms with Crippen LogP contribution in [0.5, 0.6) is 5.75 Å². The molecule has 0 saturated heterocycles. The van der Waals surface area contributed by atoms with E-state index < -0.39 is 11.5 Å². The Bertz CT molecular complexity index is 865. The van der Waals surface area contributed by atoms with Gasteiger partial charge in [0.15, 0.2) is 5.60 Å². The maximum absolute atomic E-state index is 12.3. The first kappa shape index (κ1) is 18.7. The van der Waals surface area contributed by atoms with Crippen molar-refractivity contribution in [3.63, 3.8) is 0 Å². The standard InChI is InChI=1S/C18H14IN3O3/c1-18(24,11-25-15-6-2-12(9-20)3-7-15)17(23)22-14-5-4-13(10-21)16(19)8-14/h2-8,24H,11H2,1H3,(H,22,23)/t18-/m0/s1. The van der Waals surface area contributed by atoms with Crippen molar-refractivity contribution in [1.82, 2.24) is 0 Å². The predicted molar refractivity (Wildman–Crippen MR) is 99.8 cm³/mol. The predicted octanol–water partition coefficient (Wildman–Crippen LogP) is 2.80. The van der Waals surface area contributed by atoms with Crippen molar-refractivity contribution in [3.8, 4) is 17.9 Å². The molecule has 6 nitrogen and oxygen atoms in total. The van der Waals surface area contributed by atoms with Gasteiger partial charge in [-0.2, -0.15) is 10.5 Å². The highest BCUT2D eigenvalue weighted by atomic mass is 127. The molecule has 0 aliphatic carbocycles. The number of carbonyl (C=O) groups excluding carboxylic acids is 1. The van der Waals surface area contributed by atoms with E-state index in [-0.39, 0.29) is 6.61 Å². The van der Waals surface area contributed by atoms with Crippen LogP contribution in [-0.2, 0) is 4.79 Å². The maximum atomic E-state index is 12.3. The molecule has 0 radical (unpaired) electrons. The van der Waals surface area contributed by atoms with Crippen LogP contribution in [0.3, 0.4) is 0 Å². The van der Waals surface area contributed by atoms with Gasteiger partial charge in [-0.15, -0.1) is 0 Å². The highest BCUT2D eigenvalue weighted by Gasteiger charge is 2.31. The first-order valence-electron chi connectivity index (χ1n) is 7.22. The smallest absolute Gasteiger partial charge is 0.259 e. The van der Waals surface area contributed by atoms with E-state index in [2.05, 4.69) is 5.32 Å². The number of carbonyl (C=O) groups is 1. The van der Waals surface area contributed by atoms with Crippen molar-refractivity contribution >= 4 is 34.2 Å². The Morgan fingerprint density at radius 3 is 2.48 bits per heavy atom. The molecule has 126 valence electrons. The zero-order valence-corrected chi connectivity index (χ0v) is 15.4. The van der Waals surface area contributed by atoms with Crippen molar-refractivity contribution in [1.29, 1.82) is 10.5 Å². The van der Waals surface area contributed by atoms with Crippen molar-refractivity contribution < 1.29 is 14.6 Å². The Hall–Kier alpha value is -2.62. The Morgan fingerprint density at radius 1 is 1.24 bits per heavy atom. The van der Waals surface area contributed by atoms with Crippen molar-refractivity contribution in [2.45, 2.75) is 12.5 Å². The van der Waals surface area contributed by atoms with E-state index in [9.17, 15) is 9.90 Å². The lowest BCUT2D eigenvalue weighted by atomic mass is 10.1. The highest BCUT2D eigenvalue weighted by molar-refractivity contribution is 14.1. The first-order valence-corrected chi connectivity index (χ1v) is 8.30. The van der Waals surface area contributed by atoms with E-state index in [4.69, 9.17) is 15.3 Å². The summed E-state index contributed by atoms with van der Waals surface area (Å²) >= 11 is 2.00. The number of ether oxygens (including phenoxy) is 1. The molecule has 2 N–H and O–H groups in total. The van der Waals surface area contributed by atoms with Gasteiger partial charge in [0.25, 0.3) is 5.91 Å². The van der Waals surface area contributed by atoms with Crippen LogP contribution in [0.25, 0.3) is 0 Å². The van der Waals surface area contributed by atoms with Gasteiger partial charge in [0.05, 0.1) is 17.2 Å². The van der Waals surface area contributed by atoms with Gasteiger partial charge < -0.3 is 15.2 Å². The lowest BCUT2D eigenvalue weighted by molar-refractivity contribution is -0.135. The summed E-state index contributed by atoms with van der Waals surface area (Å²) in [7, 11) is 0. The Labute approximate surface area is 158 Å². The third kappa shape index (κ3) is 4.92. The molecule has 0 saturated carbocycles. The number of nitrogens with one attached hydrogen (secondary N) is 1. The van der Waals surface area contributed by atoms with E-state index in [1.54, 1.807) is 42.5 Å². The monoisotopic (exact) mass is 447 g/mol. The summed E-state index contributed by atoms with van der Waals surface area (Å²) in [5, 5.41) is 30.6. The van der Waals surface area contributed by atoms with Crippen LogP contribution in [0.15, 0.2) is 42.5 Å². The van der Waals surface area contributed by atoms with Crippen LogP contribution in [0.1, 0.15) is 18.1 Å². The zero-order valence-electron chi connectivity index (χ0n) is 13.3. The average molecular weight is 447 g/mol. The van der Waals surface area contributed by atoms with Crippen molar-refractivity contribution in [2.75, 3.05) is 11.9 Å². The summed E-state index contributed by atoms with van der Waals surface area (Å²) in [6, 6.07) is 15.2.